The lowest BCUT2D eigenvalue weighted by Crippen LogP contribution is -2.14. The average Bonchev–Trinajstić information content (AvgIpc) is 2.74. The van der Waals surface area contributed by atoms with Crippen LogP contribution in [0.4, 0.5) is 23.0 Å². The molecule has 0 bridgehead atoms. The largest absolute Gasteiger partial charge is 0.370 e. The van der Waals surface area contributed by atoms with Gasteiger partial charge in [0, 0.05) is 35.6 Å². The molecule has 0 aliphatic heterocycles. The van der Waals surface area contributed by atoms with E-state index in [4.69, 9.17) is 0 Å². The smallest absolute Gasteiger partial charge is 0.274 e. The first-order chi connectivity index (χ1) is 14.6. The van der Waals surface area contributed by atoms with Crippen LogP contribution >= 0.6 is 0 Å². The first kappa shape index (κ1) is 19.3. The summed E-state index contributed by atoms with van der Waals surface area (Å²) in [6.07, 6.45) is 1.65. The lowest BCUT2D eigenvalue weighted by molar-refractivity contribution is 0.102. The number of aromatic nitrogens is 3. The number of fused-ring (bicyclic) bond motifs is 1. The molecule has 0 atom stereocenters. The van der Waals surface area contributed by atoms with Crippen molar-refractivity contribution in [3.63, 3.8) is 0 Å². The zero-order valence-corrected chi connectivity index (χ0v) is 16.8. The minimum atomic E-state index is -0.241. The fourth-order valence-electron chi connectivity index (χ4n) is 3.18. The van der Waals surface area contributed by atoms with Crippen molar-refractivity contribution >= 4 is 39.7 Å². The second-order valence-corrected chi connectivity index (χ2v) is 6.75. The lowest BCUT2D eigenvalue weighted by Gasteiger charge is -2.11. The Balaban J connectivity index is 1.48. The molecule has 1 amide bonds. The van der Waals surface area contributed by atoms with Gasteiger partial charge in [-0.25, -0.2) is 9.97 Å². The Morgan fingerprint density at radius 1 is 0.933 bits per heavy atom. The van der Waals surface area contributed by atoms with Crippen LogP contribution in [0.5, 0.6) is 0 Å². The standard InChI is InChI=1S/C23H22N6O/c1-3-24-20-14-21(27-15(2)26-20)28-17-8-10-18(11-9-17)29-23(30)22-19-7-5-4-6-16(19)12-13-25-22/h4-14H,3H2,1-2H3,(H,29,30)(H2,24,26,27,28). The van der Waals surface area contributed by atoms with Crippen LogP contribution in [-0.4, -0.2) is 27.4 Å². The average molecular weight is 398 g/mol. The number of rotatable bonds is 6. The number of hydrogen-bond acceptors (Lipinski definition) is 6. The highest BCUT2D eigenvalue weighted by Crippen LogP contribution is 2.21. The van der Waals surface area contributed by atoms with Crippen molar-refractivity contribution in [2.24, 2.45) is 0 Å². The van der Waals surface area contributed by atoms with Crippen LogP contribution in [0, 0.1) is 6.92 Å². The van der Waals surface area contributed by atoms with E-state index in [9.17, 15) is 4.79 Å². The van der Waals surface area contributed by atoms with E-state index in [1.807, 2.05) is 74.5 Å². The topological polar surface area (TPSA) is 91.8 Å². The third-order valence-corrected chi connectivity index (χ3v) is 4.50. The summed E-state index contributed by atoms with van der Waals surface area (Å²) >= 11 is 0. The zero-order valence-electron chi connectivity index (χ0n) is 16.8. The molecule has 4 aromatic rings. The number of pyridine rings is 1. The van der Waals surface area contributed by atoms with Crippen LogP contribution in [0.2, 0.25) is 0 Å². The molecular weight excluding hydrogens is 376 g/mol. The van der Waals surface area contributed by atoms with E-state index in [1.54, 1.807) is 6.20 Å². The van der Waals surface area contributed by atoms with Gasteiger partial charge in [-0.15, -0.1) is 0 Å². The van der Waals surface area contributed by atoms with Gasteiger partial charge in [-0.05, 0) is 49.6 Å². The summed E-state index contributed by atoms with van der Waals surface area (Å²) in [7, 11) is 0. The molecule has 0 spiro atoms. The number of amides is 1. The molecule has 7 nitrogen and oxygen atoms in total. The Labute approximate surface area is 174 Å². The summed E-state index contributed by atoms with van der Waals surface area (Å²) in [4.78, 5) is 25.7. The second kappa shape index (κ2) is 8.57. The fourth-order valence-corrected chi connectivity index (χ4v) is 3.18. The maximum Gasteiger partial charge on any atom is 0.274 e. The van der Waals surface area contributed by atoms with Crippen molar-refractivity contribution < 1.29 is 4.79 Å². The summed E-state index contributed by atoms with van der Waals surface area (Å²) in [6.45, 7) is 4.66. The third kappa shape index (κ3) is 4.35. The molecule has 0 radical (unpaired) electrons. The number of benzene rings is 2. The van der Waals surface area contributed by atoms with Crippen molar-refractivity contribution in [1.82, 2.24) is 15.0 Å². The molecule has 0 aliphatic carbocycles. The first-order valence-corrected chi connectivity index (χ1v) is 9.74. The molecule has 2 aromatic carbocycles. The van der Waals surface area contributed by atoms with Gasteiger partial charge in [0.25, 0.3) is 5.91 Å². The van der Waals surface area contributed by atoms with E-state index < -0.39 is 0 Å². The quantitative estimate of drug-likeness (QED) is 0.434. The molecule has 0 unspecified atom stereocenters. The Hall–Kier alpha value is -4.00. The molecule has 7 heteroatoms. The third-order valence-electron chi connectivity index (χ3n) is 4.50. The maximum absolute atomic E-state index is 12.7. The van der Waals surface area contributed by atoms with E-state index in [-0.39, 0.29) is 5.91 Å². The minimum absolute atomic E-state index is 0.241. The highest BCUT2D eigenvalue weighted by molar-refractivity contribution is 6.11. The Morgan fingerprint density at radius 3 is 2.47 bits per heavy atom. The zero-order chi connectivity index (χ0) is 20.9. The van der Waals surface area contributed by atoms with E-state index in [0.717, 1.165) is 28.8 Å². The normalized spacial score (nSPS) is 10.6. The molecule has 0 saturated heterocycles. The molecule has 2 heterocycles. The Kier molecular flexibility index (Phi) is 5.52. The van der Waals surface area contributed by atoms with Crippen LogP contribution in [0.15, 0.2) is 66.9 Å². The van der Waals surface area contributed by atoms with Crippen molar-refractivity contribution in [3.8, 4) is 0 Å². The van der Waals surface area contributed by atoms with Gasteiger partial charge < -0.3 is 16.0 Å². The van der Waals surface area contributed by atoms with Gasteiger partial charge >= 0.3 is 0 Å². The number of anilines is 4. The van der Waals surface area contributed by atoms with Gasteiger partial charge in [-0.3, -0.25) is 9.78 Å². The number of nitrogens with one attached hydrogen (secondary N) is 3. The summed E-state index contributed by atoms with van der Waals surface area (Å²) in [5.74, 6) is 1.92. The monoisotopic (exact) mass is 398 g/mol. The van der Waals surface area contributed by atoms with E-state index in [2.05, 4.69) is 30.9 Å². The van der Waals surface area contributed by atoms with Crippen LogP contribution in [0.25, 0.3) is 10.8 Å². The number of hydrogen-bond donors (Lipinski definition) is 3. The van der Waals surface area contributed by atoms with Gasteiger partial charge in [0.05, 0.1) is 0 Å². The van der Waals surface area contributed by atoms with Gasteiger partial charge in [0.15, 0.2) is 0 Å². The molecule has 0 fully saturated rings. The van der Waals surface area contributed by atoms with Crippen LogP contribution in [0.1, 0.15) is 23.2 Å². The van der Waals surface area contributed by atoms with E-state index in [1.165, 1.54) is 0 Å². The molecular formula is C23H22N6O. The summed E-state index contributed by atoms with van der Waals surface area (Å²) in [5, 5.41) is 11.2. The molecule has 0 aliphatic rings. The highest BCUT2D eigenvalue weighted by atomic mass is 16.1. The van der Waals surface area contributed by atoms with Crippen molar-refractivity contribution in [2.75, 3.05) is 22.5 Å². The predicted octanol–water partition coefficient (Wildman–Crippen LogP) is 4.76. The number of aryl methyl sites for hydroxylation is 1. The van der Waals surface area contributed by atoms with Gasteiger partial charge in [0.1, 0.15) is 23.2 Å². The molecule has 2 aromatic heterocycles. The van der Waals surface area contributed by atoms with Gasteiger partial charge in [-0.2, -0.15) is 0 Å². The summed E-state index contributed by atoms with van der Waals surface area (Å²) in [5.41, 5.74) is 1.95. The molecule has 3 N–H and O–H groups in total. The first-order valence-electron chi connectivity index (χ1n) is 9.74. The number of carbonyl (C=O) groups excluding carboxylic acids is 1. The lowest BCUT2D eigenvalue weighted by atomic mass is 10.1. The highest BCUT2D eigenvalue weighted by Gasteiger charge is 2.12. The summed E-state index contributed by atoms with van der Waals surface area (Å²) in [6, 6.07) is 18.9. The number of nitrogens with zero attached hydrogens (tertiary/aromatic N) is 3. The Morgan fingerprint density at radius 2 is 1.67 bits per heavy atom. The predicted molar refractivity (Wildman–Crippen MR) is 120 cm³/mol. The maximum atomic E-state index is 12.7. The Bertz CT molecular complexity index is 1180. The van der Waals surface area contributed by atoms with Crippen molar-refractivity contribution in [1.29, 1.82) is 0 Å². The fraction of sp³-hybridized carbons (Fsp3) is 0.130. The second-order valence-electron chi connectivity index (χ2n) is 6.75. The van der Waals surface area contributed by atoms with Crippen LogP contribution in [-0.2, 0) is 0 Å². The SMILES string of the molecule is CCNc1cc(Nc2ccc(NC(=O)c3nccc4ccccc34)cc2)nc(C)n1. The molecule has 30 heavy (non-hydrogen) atoms. The molecule has 0 saturated carbocycles. The molecule has 4 rings (SSSR count). The van der Waals surface area contributed by atoms with Gasteiger partial charge in [0.2, 0.25) is 0 Å². The number of carbonyl (C=O) groups is 1. The van der Waals surface area contributed by atoms with Crippen molar-refractivity contribution in [3.05, 3.63) is 78.4 Å². The van der Waals surface area contributed by atoms with Crippen molar-refractivity contribution in [2.45, 2.75) is 13.8 Å². The van der Waals surface area contributed by atoms with Crippen LogP contribution in [0.3, 0.4) is 0 Å². The molecule has 150 valence electrons. The van der Waals surface area contributed by atoms with E-state index in [0.29, 0.717) is 23.0 Å². The van der Waals surface area contributed by atoms with E-state index >= 15 is 0 Å². The summed E-state index contributed by atoms with van der Waals surface area (Å²) < 4.78 is 0. The minimum Gasteiger partial charge on any atom is -0.370 e. The van der Waals surface area contributed by atoms with Gasteiger partial charge in [-0.1, -0.05) is 24.3 Å². The van der Waals surface area contributed by atoms with Crippen LogP contribution < -0.4 is 16.0 Å².